The fraction of sp³-hybridized carbons (Fsp3) is 0.269. The zero-order chi connectivity index (χ0) is 24.1. The van der Waals surface area contributed by atoms with Crippen molar-refractivity contribution in [3.8, 4) is 11.5 Å². The molecule has 0 aliphatic heterocycles. The molecule has 34 heavy (non-hydrogen) atoms. The van der Waals surface area contributed by atoms with Crippen LogP contribution in [0.1, 0.15) is 40.0 Å². The maximum atomic E-state index is 13.0. The number of aromatic nitrogens is 3. The fourth-order valence-corrected chi connectivity index (χ4v) is 3.81. The van der Waals surface area contributed by atoms with Crippen LogP contribution in [-0.2, 0) is 24.9 Å². The molecule has 0 saturated carbocycles. The lowest BCUT2D eigenvalue weighted by Crippen LogP contribution is -2.32. The van der Waals surface area contributed by atoms with Gasteiger partial charge in [-0.1, -0.05) is 35.5 Å². The molecule has 1 amide bonds. The van der Waals surface area contributed by atoms with E-state index < -0.39 is 6.04 Å². The molecule has 2 heterocycles. The maximum Gasteiger partial charge on any atom is 0.225 e. The lowest BCUT2D eigenvalue weighted by molar-refractivity contribution is -0.121. The second-order valence-electron chi connectivity index (χ2n) is 8.05. The molecule has 0 spiro atoms. The molecule has 0 radical (unpaired) electrons. The Balaban J connectivity index is 1.44. The van der Waals surface area contributed by atoms with E-state index in [-0.39, 0.29) is 12.3 Å². The minimum absolute atomic E-state index is 0.122. The van der Waals surface area contributed by atoms with E-state index in [1.165, 1.54) is 0 Å². The lowest BCUT2D eigenvalue weighted by Gasteiger charge is -2.21. The first-order chi connectivity index (χ1) is 16.5. The Bertz CT molecular complexity index is 1240. The summed E-state index contributed by atoms with van der Waals surface area (Å²) in [6.07, 6.45) is 3.79. The summed E-state index contributed by atoms with van der Waals surface area (Å²) in [7, 11) is 3.52. The van der Waals surface area contributed by atoms with E-state index in [2.05, 4.69) is 15.5 Å². The summed E-state index contributed by atoms with van der Waals surface area (Å²) in [5.74, 6) is 2.76. The minimum Gasteiger partial charge on any atom is -0.496 e. The van der Waals surface area contributed by atoms with Gasteiger partial charge >= 0.3 is 0 Å². The first kappa shape index (κ1) is 23.1. The van der Waals surface area contributed by atoms with Gasteiger partial charge in [-0.3, -0.25) is 4.79 Å². The second-order valence-corrected chi connectivity index (χ2v) is 8.05. The van der Waals surface area contributed by atoms with Crippen molar-refractivity contribution in [3.63, 3.8) is 0 Å². The van der Waals surface area contributed by atoms with E-state index in [9.17, 15) is 4.79 Å². The molecule has 0 aliphatic carbocycles. The first-order valence-corrected chi connectivity index (χ1v) is 11.0. The van der Waals surface area contributed by atoms with Crippen LogP contribution in [0.3, 0.4) is 0 Å². The van der Waals surface area contributed by atoms with Crippen LogP contribution in [0.4, 0.5) is 0 Å². The van der Waals surface area contributed by atoms with Gasteiger partial charge in [-0.05, 0) is 37.6 Å². The molecule has 1 unspecified atom stereocenters. The van der Waals surface area contributed by atoms with E-state index in [1.807, 2.05) is 80.2 Å². The van der Waals surface area contributed by atoms with Gasteiger partial charge in [0.2, 0.25) is 5.91 Å². The van der Waals surface area contributed by atoms with Gasteiger partial charge in [0, 0.05) is 25.0 Å². The molecule has 0 aliphatic rings. The van der Waals surface area contributed by atoms with Gasteiger partial charge < -0.3 is 23.9 Å². The third-order valence-corrected chi connectivity index (χ3v) is 5.72. The number of carbonyl (C=O) groups is 1. The van der Waals surface area contributed by atoms with Crippen molar-refractivity contribution in [2.24, 2.45) is 7.05 Å². The predicted octanol–water partition coefficient (Wildman–Crippen LogP) is 4.06. The highest BCUT2D eigenvalue weighted by molar-refractivity contribution is 5.79. The minimum atomic E-state index is -0.443. The van der Waals surface area contributed by atoms with Crippen molar-refractivity contribution in [1.29, 1.82) is 0 Å². The van der Waals surface area contributed by atoms with Crippen LogP contribution >= 0.6 is 0 Å². The Labute approximate surface area is 198 Å². The van der Waals surface area contributed by atoms with Gasteiger partial charge in [-0.25, -0.2) is 4.98 Å². The molecule has 0 saturated heterocycles. The molecule has 1 atom stereocenters. The summed E-state index contributed by atoms with van der Waals surface area (Å²) in [4.78, 5) is 17.5. The van der Waals surface area contributed by atoms with Crippen LogP contribution in [-0.4, -0.2) is 27.7 Å². The number of benzene rings is 2. The molecular formula is C26H28N4O4. The summed E-state index contributed by atoms with van der Waals surface area (Å²) >= 11 is 0. The SMILES string of the molecule is COc1ccccc1C(NC(=O)Cc1ccc(OCc2c(C)noc2C)cc1)c1nccn1C. The quantitative estimate of drug-likeness (QED) is 0.405. The van der Waals surface area contributed by atoms with Crippen molar-refractivity contribution in [3.05, 3.63) is 94.9 Å². The van der Waals surface area contributed by atoms with E-state index in [0.29, 0.717) is 18.1 Å². The summed E-state index contributed by atoms with van der Waals surface area (Å²) < 4.78 is 18.4. The van der Waals surface area contributed by atoms with Gasteiger partial charge in [0.05, 0.1) is 24.8 Å². The number of amides is 1. The highest BCUT2D eigenvalue weighted by atomic mass is 16.5. The molecule has 4 aromatic rings. The van der Waals surface area contributed by atoms with Crippen LogP contribution in [0.2, 0.25) is 0 Å². The topological polar surface area (TPSA) is 91.4 Å². The largest absolute Gasteiger partial charge is 0.496 e. The number of carbonyl (C=O) groups excluding carboxylic acids is 1. The number of ether oxygens (including phenoxy) is 2. The van der Waals surface area contributed by atoms with E-state index in [4.69, 9.17) is 14.0 Å². The smallest absolute Gasteiger partial charge is 0.225 e. The number of hydrogen-bond acceptors (Lipinski definition) is 6. The zero-order valence-electron chi connectivity index (χ0n) is 19.7. The van der Waals surface area contributed by atoms with Crippen LogP contribution in [0.25, 0.3) is 0 Å². The van der Waals surface area contributed by atoms with Gasteiger partial charge in [-0.2, -0.15) is 0 Å². The maximum absolute atomic E-state index is 13.0. The normalized spacial score (nSPS) is 11.8. The molecule has 176 valence electrons. The molecule has 2 aromatic heterocycles. The van der Waals surface area contributed by atoms with Gasteiger partial charge in [0.15, 0.2) is 0 Å². The van der Waals surface area contributed by atoms with Crippen LogP contribution in [0, 0.1) is 13.8 Å². The highest BCUT2D eigenvalue weighted by Crippen LogP contribution is 2.29. The fourth-order valence-electron chi connectivity index (χ4n) is 3.81. The number of rotatable bonds is 9. The average Bonchev–Trinajstić information content (AvgIpc) is 3.41. The van der Waals surface area contributed by atoms with Crippen LogP contribution in [0.15, 0.2) is 65.4 Å². The number of para-hydroxylation sites is 1. The summed E-state index contributed by atoms with van der Waals surface area (Å²) in [6.45, 7) is 4.13. The van der Waals surface area contributed by atoms with Gasteiger partial charge in [0.1, 0.15) is 35.7 Å². The third kappa shape index (κ3) is 5.11. The summed E-state index contributed by atoms with van der Waals surface area (Å²) in [5, 5.41) is 7.06. The van der Waals surface area contributed by atoms with Crippen molar-refractivity contribution >= 4 is 5.91 Å². The van der Waals surface area contributed by atoms with E-state index >= 15 is 0 Å². The Kier molecular flexibility index (Phi) is 6.96. The second kappa shape index (κ2) is 10.2. The molecule has 2 aromatic carbocycles. The molecule has 8 nitrogen and oxygen atoms in total. The predicted molar refractivity (Wildman–Crippen MR) is 127 cm³/mol. The molecule has 0 fully saturated rings. The summed E-state index contributed by atoms with van der Waals surface area (Å²) in [5.41, 5.74) is 3.49. The van der Waals surface area contributed by atoms with Gasteiger partial charge in [0.25, 0.3) is 0 Å². The molecule has 8 heteroatoms. The Morgan fingerprint density at radius 2 is 1.91 bits per heavy atom. The number of methoxy groups -OCH3 is 1. The molecule has 0 bridgehead atoms. The number of nitrogens with zero attached hydrogens (tertiary/aromatic N) is 3. The van der Waals surface area contributed by atoms with Crippen molar-refractivity contribution in [1.82, 2.24) is 20.0 Å². The summed E-state index contributed by atoms with van der Waals surface area (Å²) in [6, 6.07) is 14.7. The first-order valence-electron chi connectivity index (χ1n) is 11.0. The molecule has 4 rings (SSSR count). The Morgan fingerprint density at radius 3 is 2.56 bits per heavy atom. The van der Waals surface area contributed by atoms with E-state index in [0.717, 1.165) is 34.0 Å². The van der Waals surface area contributed by atoms with Crippen molar-refractivity contribution in [2.75, 3.05) is 7.11 Å². The van der Waals surface area contributed by atoms with Crippen LogP contribution in [0.5, 0.6) is 11.5 Å². The van der Waals surface area contributed by atoms with E-state index in [1.54, 1.807) is 13.3 Å². The Morgan fingerprint density at radius 1 is 1.15 bits per heavy atom. The number of imidazole rings is 1. The van der Waals surface area contributed by atoms with Crippen molar-refractivity contribution in [2.45, 2.75) is 32.9 Å². The zero-order valence-corrected chi connectivity index (χ0v) is 19.7. The standard InChI is InChI=1S/C26H28N4O4/c1-17-22(18(2)34-29-17)16-33-20-11-9-19(10-12-20)15-24(31)28-25(26-27-13-14-30(26)3)21-7-5-6-8-23(21)32-4/h5-14,25H,15-16H2,1-4H3,(H,28,31). The third-order valence-electron chi connectivity index (χ3n) is 5.72. The molecular weight excluding hydrogens is 432 g/mol. The van der Waals surface area contributed by atoms with Gasteiger partial charge in [-0.15, -0.1) is 0 Å². The van der Waals surface area contributed by atoms with Crippen molar-refractivity contribution < 1.29 is 18.8 Å². The molecule has 1 N–H and O–H groups in total. The lowest BCUT2D eigenvalue weighted by atomic mass is 10.0. The number of hydrogen-bond donors (Lipinski definition) is 1. The average molecular weight is 461 g/mol. The van der Waals surface area contributed by atoms with Crippen LogP contribution < -0.4 is 14.8 Å². The Hall–Kier alpha value is -4.07. The number of aryl methyl sites for hydroxylation is 3. The monoisotopic (exact) mass is 460 g/mol. The number of nitrogens with one attached hydrogen (secondary N) is 1. The highest BCUT2D eigenvalue weighted by Gasteiger charge is 2.23.